The average Bonchev–Trinajstić information content (AvgIpc) is 2.39. The van der Waals surface area contributed by atoms with Gasteiger partial charge in [-0.1, -0.05) is 36.4 Å². The first-order valence-electron chi connectivity index (χ1n) is 6.18. The minimum Gasteiger partial charge on any atom is -0.507 e. The molecule has 1 N–H and O–H groups in total. The number of rotatable bonds is 5. The van der Waals surface area contributed by atoms with Crippen LogP contribution in [0.5, 0.6) is 11.5 Å². The molecule has 0 fully saturated rings. The molecule has 0 aromatic heterocycles. The van der Waals surface area contributed by atoms with Gasteiger partial charge in [-0.2, -0.15) is 0 Å². The standard InChI is InChI=1S/C16H16O3/c1-12(17)16-14(18)8-5-9-15(16)19-11-10-13-6-3-2-4-7-13/h2-9,18H,10-11H2,1H3. The summed E-state index contributed by atoms with van der Waals surface area (Å²) in [6.45, 7) is 1.88. The topological polar surface area (TPSA) is 46.5 Å². The van der Waals surface area contributed by atoms with Crippen LogP contribution >= 0.6 is 0 Å². The number of carbonyl (C=O) groups excluding carboxylic acids is 1. The van der Waals surface area contributed by atoms with Gasteiger partial charge in [0.1, 0.15) is 17.1 Å². The predicted octanol–water partition coefficient (Wildman–Crippen LogP) is 3.22. The van der Waals surface area contributed by atoms with E-state index >= 15 is 0 Å². The number of hydrogen-bond donors (Lipinski definition) is 1. The van der Waals surface area contributed by atoms with Crippen molar-refractivity contribution < 1.29 is 14.6 Å². The molecule has 2 rings (SSSR count). The fourth-order valence-electron chi connectivity index (χ4n) is 1.92. The van der Waals surface area contributed by atoms with Gasteiger partial charge < -0.3 is 9.84 Å². The van der Waals surface area contributed by atoms with Crippen LogP contribution in [0.4, 0.5) is 0 Å². The van der Waals surface area contributed by atoms with E-state index < -0.39 is 0 Å². The van der Waals surface area contributed by atoms with Gasteiger partial charge >= 0.3 is 0 Å². The zero-order chi connectivity index (χ0) is 13.7. The molecule has 0 saturated heterocycles. The lowest BCUT2D eigenvalue weighted by Crippen LogP contribution is -2.05. The quantitative estimate of drug-likeness (QED) is 0.835. The molecule has 0 aliphatic heterocycles. The molecule has 2 aromatic rings. The van der Waals surface area contributed by atoms with E-state index in [1.165, 1.54) is 18.6 Å². The van der Waals surface area contributed by atoms with Crippen molar-refractivity contribution in [3.63, 3.8) is 0 Å². The first kappa shape index (κ1) is 13.1. The van der Waals surface area contributed by atoms with E-state index in [0.717, 1.165) is 6.42 Å². The minimum absolute atomic E-state index is 0.0373. The van der Waals surface area contributed by atoms with Crippen molar-refractivity contribution in [3.8, 4) is 11.5 Å². The Hall–Kier alpha value is -2.29. The highest BCUT2D eigenvalue weighted by Gasteiger charge is 2.13. The minimum atomic E-state index is -0.201. The molecule has 0 radical (unpaired) electrons. The summed E-state index contributed by atoms with van der Waals surface area (Å²) in [7, 11) is 0. The summed E-state index contributed by atoms with van der Waals surface area (Å²) in [5, 5.41) is 9.68. The smallest absolute Gasteiger partial charge is 0.167 e. The van der Waals surface area contributed by atoms with Gasteiger partial charge in [-0.25, -0.2) is 0 Å². The van der Waals surface area contributed by atoms with Crippen LogP contribution in [0.3, 0.4) is 0 Å². The summed E-state index contributed by atoms with van der Waals surface area (Å²) < 4.78 is 5.60. The summed E-state index contributed by atoms with van der Waals surface area (Å²) in [5.74, 6) is 0.195. The monoisotopic (exact) mass is 256 g/mol. The number of ketones is 1. The normalized spacial score (nSPS) is 10.2. The number of carbonyl (C=O) groups is 1. The second-order valence-corrected chi connectivity index (χ2v) is 4.29. The molecule has 0 aliphatic rings. The van der Waals surface area contributed by atoms with Crippen molar-refractivity contribution in [2.24, 2.45) is 0 Å². The van der Waals surface area contributed by atoms with Crippen molar-refractivity contribution in [3.05, 3.63) is 59.7 Å². The largest absolute Gasteiger partial charge is 0.507 e. The molecule has 19 heavy (non-hydrogen) atoms. The van der Waals surface area contributed by atoms with Crippen LogP contribution in [0.2, 0.25) is 0 Å². The molecular formula is C16H16O3. The second kappa shape index (κ2) is 6.05. The molecule has 3 nitrogen and oxygen atoms in total. The predicted molar refractivity (Wildman–Crippen MR) is 73.8 cm³/mol. The van der Waals surface area contributed by atoms with Crippen LogP contribution in [-0.4, -0.2) is 17.5 Å². The molecule has 0 bridgehead atoms. The number of Topliss-reactive ketones (excluding diaryl/α,β-unsaturated/α-hetero) is 1. The Bertz CT molecular complexity index is 561. The van der Waals surface area contributed by atoms with E-state index in [1.807, 2.05) is 30.3 Å². The number of ether oxygens (including phenoxy) is 1. The Balaban J connectivity index is 2.04. The lowest BCUT2D eigenvalue weighted by Gasteiger charge is -2.10. The van der Waals surface area contributed by atoms with Gasteiger partial charge in [-0.3, -0.25) is 4.79 Å². The van der Waals surface area contributed by atoms with Crippen molar-refractivity contribution in [2.75, 3.05) is 6.61 Å². The van der Waals surface area contributed by atoms with E-state index in [0.29, 0.717) is 12.4 Å². The number of hydrogen-bond acceptors (Lipinski definition) is 3. The average molecular weight is 256 g/mol. The first-order chi connectivity index (χ1) is 9.18. The second-order valence-electron chi connectivity index (χ2n) is 4.29. The lowest BCUT2D eigenvalue weighted by molar-refractivity contribution is 0.101. The van der Waals surface area contributed by atoms with E-state index in [1.54, 1.807) is 12.1 Å². The van der Waals surface area contributed by atoms with Crippen LogP contribution in [0.1, 0.15) is 22.8 Å². The molecule has 0 aliphatic carbocycles. The first-order valence-corrected chi connectivity index (χ1v) is 6.18. The molecular weight excluding hydrogens is 240 g/mol. The summed E-state index contributed by atoms with van der Waals surface area (Å²) >= 11 is 0. The molecule has 3 heteroatoms. The number of phenolic OH excluding ortho intramolecular Hbond substituents is 1. The molecule has 0 unspecified atom stereocenters. The highest BCUT2D eigenvalue weighted by molar-refractivity contribution is 5.99. The number of aromatic hydroxyl groups is 1. The third kappa shape index (κ3) is 3.35. The molecule has 2 aromatic carbocycles. The zero-order valence-corrected chi connectivity index (χ0v) is 10.8. The highest BCUT2D eigenvalue weighted by Crippen LogP contribution is 2.27. The van der Waals surface area contributed by atoms with Crippen LogP contribution < -0.4 is 4.74 Å². The number of phenols is 1. The summed E-state index contributed by atoms with van der Waals surface area (Å²) in [4.78, 5) is 11.5. The Morgan fingerprint density at radius 1 is 1.11 bits per heavy atom. The fraction of sp³-hybridized carbons (Fsp3) is 0.188. The Kier molecular flexibility index (Phi) is 4.18. The van der Waals surface area contributed by atoms with Crippen LogP contribution in [-0.2, 0) is 6.42 Å². The molecule has 0 heterocycles. The summed E-state index contributed by atoms with van der Waals surface area (Å²) in [5.41, 5.74) is 1.42. The van der Waals surface area contributed by atoms with Crippen molar-refractivity contribution >= 4 is 5.78 Å². The Labute approximate surface area is 112 Å². The maximum Gasteiger partial charge on any atom is 0.167 e. The third-order valence-electron chi connectivity index (χ3n) is 2.85. The Morgan fingerprint density at radius 3 is 2.53 bits per heavy atom. The van der Waals surface area contributed by atoms with Gasteiger partial charge in [-0.05, 0) is 24.6 Å². The van der Waals surface area contributed by atoms with E-state index in [9.17, 15) is 9.90 Å². The van der Waals surface area contributed by atoms with Gasteiger partial charge in [0.2, 0.25) is 0 Å². The lowest BCUT2D eigenvalue weighted by atomic mass is 10.1. The van der Waals surface area contributed by atoms with Gasteiger partial charge in [0.25, 0.3) is 0 Å². The van der Waals surface area contributed by atoms with E-state index in [4.69, 9.17) is 4.74 Å². The maximum atomic E-state index is 11.5. The van der Waals surface area contributed by atoms with Crippen LogP contribution in [0.15, 0.2) is 48.5 Å². The molecule has 0 spiro atoms. The van der Waals surface area contributed by atoms with Crippen LogP contribution in [0.25, 0.3) is 0 Å². The van der Waals surface area contributed by atoms with Gasteiger partial charge in [-0.15, -0.1) is 0 Å². The molecule has 0 amide bonds. The number of benzene rings is 2. The van der Waals surface area contributed by atoms with Crippen molar-refractivity contribution in [1.82, 2.24) is 0 Å². The summed E-state index contributed by atoms with van der Waals surface area (Å²) in [6, 6.07) is 14.8. The summed E-state index contributed by atoms with van der Waals surface area (Å²) in [6.07, 6.45) is 0.758. The SMILES string of the molecule is CC(=O)c1c(O)cccc1OCCc1ccccc1. The third-order valence-corrected chi connectivity index (χ3v) is 2.85. The maximum absolute atomic E-state index is 11.5. The van der Waals surface area contributed by atoms with E-state index in [2.05, 4.69) is 0 Å². The van der Waals surface area contributed by atoms with Gasteiger partial charge in [0.05, 0.1) is 6.61 Å². The van der Waals surface area contributed by atoms with Crippen molar-refractivity contribution in [1.29, 1.82) is 0 Å². The van der Waals surface area contributed by atoms with Crippen LogP contribution in [0, 0.1) is 0 Å². The molecule has 0 saturated carbocycles. The zero-order valence-electron chi connectivity index (χ0n) is 10.8. The highest BCUT2D eigenvalue weighted by atomic mass is 16.5. The van der Waals surface area contributed by atoms with E-state index in [-0.39, 0.29) is 17.1 Å². The Morgan fingerprint density at radius 2 is 1.84 bits per heavy atom. The molecule has 0 atom stereocenters. The van der Waals surface area contributed by atoms with Gasteiger partial charge in [0, 0.05) is 6.42 Å². The van der Waals surface area contributed by atoms with Gasteiger partial charge in [0.15, 0.2) is 5.78 Å². The fourth-order valence-corrected chi connectivity index (χ4v) is 1.92. The molecule has 98 valence electrons. The van der Waals surface area contributed by atoms with Crippen molar-refractivity contribution in [2.45, 2.75) is 13.3 Å².